The molecule has 2 aromatic rings. The molecule has 0 saturated carbocycles. The quantitative estimate of drug-likeness (QED) is 0.900. The summed E-state index contributed by atoms with van der Waals surface area (Å²) >= 11 is 0. The van der Waals surface area contributed by atoms with Crippen molar-refractivity contribution in [1.29, 1.82) is 0 Å². The molecule has 1 aromatic heterocycles. The van der Waals surface area contributed by atoms with Gasteiger partial charge in [0.2, 0.25) is 0 Å². The number of benzene rings is 1. The molecule has 0 radical (unpaired) electrons. The Morgan fingerprint density at radius 3 is 2.91 bits per heavy atom. The molecule has 1 fully saturated rings. The predicted molar refractivity (Wildman–Crippen MR) is 86.8 cm³/mol. The third-order valence-corrected chi connectivity index (χ3v) is 4.00. The maximum Gasteiger partial charge on any atom is 0.317 e. The predicted octanol–water partition coefficient (Wildman–Crippen LogP) is 1.60. The summed E-state index contributed by atoms with van der Waals surface area (Å²) < 4.78 is 1.86. The van der Waals surface area contributed by atoms with Crippen LogP contribution in [0.5, 0.6) is 0 Å². The second kappa shape index (κ2) is 7.28. The van der Waals surface area contributed by atoms with Crippen LogP contribution in [0.3, 0.4) is 0 Å². The number of aromatic nitrogens is 2. The van der Waals surface area contributed by atoms with E-state index in [1.165, 1.54) is 5.56 Å². The smallest absolute Gasteiger partial charge is 0.317 e. The van der Waals surface area contributed by atoms with E-state index in [9.17, 15) is 9.90 Å². The number of piperidine rings is 1. The maximum absolute atomic E-state index is 12.1. The number of hydrogen-bond acceptors (Lipinski definition) is 3. The first-order valence-corrected chi connectivity index (χ1v) is 7.97. The van der Waals surface area contributed by atoms with Crippen LogP contribution in [0.2, 0.25) is 0 Å². The molecule has 6 heteroatoms. The Kier molecular flexibility index (Phi) is 4.92. The minimum Gasteiger partial charge on any atom is -0.391 e. The Hall–Kier alpha value is -2.34. The fourth-order valence-electron chi connectivity index (χ4n) is 2.78. The van der Waals surface area contributed by atoms with Gasteiger partial charge in [0, 0.05) is 31.4 Å². The van der Waals surface area contributed by atoms with Gasteiger partial charge in [0.15, 0.2) is 0 Å². The molecule has 2 N–H and O–H groups in total. The maximum atomic E-state index is 12.1. The molecule has 1 atom stereocenters. The SMILES string of the molecule is O=C(NCc1cnn(Cc2ccccc2)c1)N1CCCC(O)C1. The number of nitrogens with zero attached hydrogens (tertiary/aromatic N) is 3. The van der Waals surface area contributed by atoms with Gasteiger partial charge in [0.1, 0.15) is 0 Å². The first-order chi connectivity index (χ1) is 11.2. The molecule has 122 valence electrons. The number of amides is 2. The molecule has 3 rings (SSSR count). The number of rotatable bonds is 4. The number of aliphatic hydroxyl groups is 1. The Morgan fingerprint density at radius 1 is 1.30 bits per heavy atom. The summed E-state index contributed by atoms with van der Waals surface area (Å²) in [7, 11) is 0. The van der Waals surface area contributed by atoms with Gasteiger partial charge in [-0.2, -0.15) is 5.10 Å². The molecule has 1 saturated heterocycles. The van der Waals surface area contributed by atoms with Crippen LogP contribution in [0.1, 0.15) is 24.0 Å². The zero-order valence-corrected chi connectivity index (χ0v) is 13.1. The third-order valence-electron chi connectivity index (χ3n) is 4.00. The zero-order valence-electron chi connectivity index (χ0n) is 13.1. The number of aliphatic hydroxyl groups excluding tert-OH is 1. The van der Waals surface area contributed by atoms with E-state index >= 15 is 0 Å². The van der Waals surface area contributed by atoms with Crippen molar-refractivity contribution in [2.24, 2.45) is 0 Å². The summed E-state index contributed by atoms with van der Waals surface area (Å²) in [5.74, 6) is 0. The van der Waals surface area contributed by atoms with Crippen molar-refractivity contribution >= 4 is 6.03 Å². The van der Waals surface area contributed by atoms with Crippen molar-refractivity contribution in [2.45, 2.75) is 32.0 Å². The van der Waals surface area contributed by atoms with E-state index in [2.05, 4.69) is 22.5 Å². The lowest BCUT2D eigenvalue weighted by Gasteiger charge is -2.30. The summed E-state index contributed by atoms with van der Waals surface area (Å²) in [6.45, 7) is 2.28. The van der Waals surface area contributed by atoms with Crippen LogP contribution >= 0.6 is 0 Å². The first kappa shape index (κ1) is 15.6. The average molecular weight is 314 g/mol. The summed E-state index contributed by atoms with van der Waals surface area (Å²) in [6, 6.07) is 10.0. The topological polar surface area (TPSA) is 70.4 Å². The summed E-state index contributed by atoms with van der Waals surface area (Å²) in [6.07, 6.45) is 4.94. The lowest BCUT2D eigenvalue weighted by molar-refractivity contribution is 0.0842. The fraction of sp³-hybridized carbons (Fsp3) is 0.412. The second-order valence-electron chi connectivity index (χ2n) is 5.93. The van der Waals surface area contributed by atoms with Gasteiger partial charge >= 0.3 is 6.03 Å². The second-order valence-corrected chi connectivity index (χ2v) is 5.93. The van der Waals surface area contributed by atoms with E-state index in [-0.39, 0.29) is 6.03 Å². The molecule has 0 bridgehead atoms. The van der Waals surface area contributed by atoms with Gasteiger partial charge in [-0.1, -0.05) is 30.3 Å². The van der Waals surface area contributed by atoms with Crippen LogP contribution in [0.25, 0.3) is 0 Å². The number of carbonyl (C=O) groups is 1. The van der Waals surface area contributed by atoms with Crippen molar-refractivity contribution in [3.63, 3.8) is 0 Å². The number of hydrogen-bond donors (Lipinski definition) is 2. The number of β-amino-alcohol motifs (C(OH)–C–C–N with tert-alkyl or cyclic N) is 1. The normalized spacial score (nSPS) is 18.0. The van der Waals surface area contributed by atoms with Gasteiger partial charge in [0.25, 0.3) is 0 Å². The Labute approximate surface area is 135 Å². The van der Waals surface area contributed by atoms with Crippen molar-refractivity contribution in [1.82, 2.24) is 20.0 Å². The Morgan fingerprint density at radius 2 is 2.13 bits per heavy atom. The van der Waals surface area contributed by atoms with Crippen LogP contribution in [0, 0.1) is 0 Å². The van der Waals surface area contributed by atoms with Gasteiger partial charge in [-0.3, -0.25) is 4.68 Å². The molecular weight excluding hydrogens is 292 g/mol. The molecule has 1 unspecified atom stereocenters. The first-order valence-electron chi connectivity index (χ1n) is 7.97. The Bertz CT molecular complexity index is 641. The van der Waals surface area contributed by atoms with Gasteiger partial charge < -0.3 is 15.3 Å². The molecule has 23 heavy (non-hydrogen) atoms. The molecular formula is C17H22N4O2. The van der Waals surface area contributed by atoms with Gasteiger partial charge in [-0.25, -0.2) is 4.79 Å². The number of likely N-dealkylation sites (tertiary alicyclic amines) is 1. The molecule has 0 spiro atoms. The summed E-state index contributed by atoms with van der Waals surface area (Å²) in [5.41, 5.74) is 2.15. The largest absolute Gasteiger partial charge is 0.391 e. The van der Waals surface area contributed by atoms with Crippen molar-refractivity contribution in [3.8, 4) is 0 Å². The monoisotopic (exact) mass is 314 g/mol. The van der Waals surface area contributed by atoms with Gasteiger partial charge in [-0.05, 0) is 18.4 Å². The minimum atomic E-state index is -0.400. The molecule has 1 aromatic carbocycles. The van der Waals surface area contributed by atoms with Crippen LogP contribution in [0.15, 0.2) is 42.7 Å². The molecule has 1 aliphatic rings. The van der Waals surface area contributed by atoms with E-state index in [1.54, 1.807) is 11.1 Å². The highest BCUT2D eigenvalue weighted by molar-refractivity contribution is 5.74. The minimum absolute atomic E-state index is 0.125. The van der Waals surface area contributed by atoms with Crippen molar-refractivity contribution in [2.75, 3.05) is 13.1 Å². The van der Waals surface area contributed by atoms with Crippen LogP contribution in [0.4, 0.5) is 4.79 Å². The number of urea groups is 1. The standard InChI is InChI=1S/C17H22N4O2/c22-16-7-4-8-20(13-16)17(23)18-9-15-10-19-21(12-15)11-14-5-2-1-3-6-14/h1-3,5-6,10,12,16,22H,4,7-9,11,13H2,(H,18,23). The number of nitrogens with one attached hydrogen (secondary N) is 1. The Balaban J connectivity index is 1.50. The molecule has 2 amide bonds. The van der Waals surface area contributed by atoms with E-state index in [0.29, 0.717) is 26.2 Å². The molecule has 2 heterocycles. The highest BCUT2D eigenvalue weighted by Gasteiger charge is 2.21. The van der Waals surface area contributed by atoms with Crippen LogP contribution in [-0.2, 0) is 13.1 Å². The highest BCUT2D eigenvalue weighted by Crippen LogP contribution is 2.10. The van der Waals surface area contributed by atoms with E-state index < -0.39 is 6.10 Å². The summed E-state index contributed by atoms with van der Waals surface area (Å²) in [4.78, 5) is 13.8. The van der Waals surface area contributed by atoms with Crippen molar-refractivity contribution in [3.05, 3.63) is 53.9 Å². The number of carbonyl (C=O) groups excluding carboxylic acids is 1. The van der Waals surface area contributed by atoms with Crippen LogP contribution < -0.4 is 5.32 Å². The molecule has 6 nitrogen and oxygen atoms in total. The summed E-state index contributed by atoms with van der Waals surface area (Å²) in [5, 5.41) is 16.8. The molecule has 0 aliphatic carbocycles. The van der Waals surface area contributed by atoms with E-state index in [0.717, 1.165) is 18.4 Å². The lowest BCUT2D eigenvalue weighted by Crippen LogP contribution is -2.46. The average Bonchev–Trinajstić information content (AvgIpc) is 3.01. The van der Waals surface area contributed by atoms with Crippen LogP contribution in [-0.4, -0.2) is 45.0 Å². The third kappa shape index (κ3) is 4.32. The van der Waals surface area contributed by atoms with Gasteiger partial charge in [-0.15, -0.1) is 0 Å². The fourth-order valence-corrected chi connectivity index (χ4v) is 2.78. The van der Waals surface area contributed by atoms with E-state index in [4.69, 9.17) is 0 Å². The van der Waals surface area contributed by atoms with Crippen molar-refractivity contribution < 1.29 is 9.90 Å². The van der Waals surface area contributed by atoms with Gasteiger partial charge in [0.05, 0.1) is 18.8 Å². The molecule has 1 aliphatic heterocycles. The highest BCUT2D eigenvalue weighted by atomic mass is 16.3. The van der Waals surface area contributed by atoms with E-state index in [1.807, 2.05) is 29.1 Å². The lowest BCUT2D eigenvalue weighted by atomic mass is 10.1. The zero-order chi connectivity index (χ0) is 16.1.